The van der Waals surface area contributed by atoms with E-state index in [1.165, 1.54) is 49.4 Å². The van der Waals surface area contributed by atoms with E-state index in [-0.39, 0.29) is 16.0 Å². The average Bonchev–Trinajstić information content (AvgIpc) is 3.43. The predicted molar refractivity (Wildman–Crippen MR) is 161 cm³/mol. The molecule has 5 rings (SSSR count). The first kappa shape index (κ1) is 28.9. The van der Waals surface area contributed by atoms with Gasteiger partial charge in [-0.1, -0.05) is 71.1 Å². The Balaban J connectivity index is 1.19. The molecule has 0 aromatic heterocycles. The predicted octanol–water partition coefficient (Wildman–Crippen LogP) is 6.96. The van der Waals surface area contributed by atoms with Gasteiger partial charge in [0.05, 0.1) is 10.6 Å². The fourth-order valence-electron chi connectivity index (χ4n) is 6.22. The van der Waals surface area contributed by atoms with Crippen LogP contribution in [-0.2, 0) is 29.4 Å². The Morgan fingerprint density at radius 1 is 1.07 bits per heavy atom. The number of benzene rings is 2. The third kappa shape index (κ3) is 7.16. The van der Waals surface area contributed by atoms with Gasteiger partial charge < -0.3 is 5.32 Å². The standard InChI is InChI=1S/C33H44FN3O2S/c1-33(2,3)32-20-26(15-17-35-32)22-37-18-16-27-21-29(13-12-28(27)23-37)40(38,39)36-31-14-11-25(19-30(31)34)10-6-9-24-7-4-5-8-24/h11-15,19-21,24,35-36H,4-10,16-18,22-23H2,1-3H3. The van der Waals surface area contributed by atoms with Crippen LogP contribution in [-0.4, -0.2) is 33.0 Å². The van der Waals surface area contributed by atoms with Gasteiger partial charge in [-0.25, -0.2) is 12.8 Å². The van der Waals surface area contributed by atoms with Crippen molar-refractivity contribution < 1.29 is 12.8 Å². The van der Waals surface area contributed by atoms with E-state index >= 15 is 0 Å². The molecule has 216 valence electrons. The molecule has 3 aliphatic rings. The topological polar surface area (TPSA) is 61.4 Å². The number of nitrogens with zero attached hydrogens (tertiary/aromatic N) is 1. The largest absolute Gasteiger partial charge is 0.384 e. The summed E-state index contributed by atoms with van der Waals surface area (Å²) in [5.74, 6) is 0.299. The first-order valence-electron chi connectivity index (χ1n) is 14.9. The maximum atomic E-state index is 14.9. The zero-order valence-electron chi connectivity index (χ0n) is 24.2. The van der Waals surface area contributed by atoms with Gasteiger partial charge in [-0.15, -0.1) is 0 Å². The van der Waals surface area contributed by atoms with E-state index in [1.807, 2.05) is 12.1 Å². The molecule has 2 aliphatic heterocycles. The molecule has 0 bridgehead atoms. The summed E-state index contributed by atoms with van der Waals surface area (Å²) < 4.78 is 43.7. The van der Waals surface area contributed by atoms with Crippen LogP contribution in [0.3, 0.4) is 0 Å². The molecule has 2 heterocycles. The summed E-state index contributed by atoms with van der Waals surface area (Å²) in [4.78, 5) is 2.59. The summed E-state index contributed by atoms with van der Waals surface area (Å²) in [5, 5.41) is 3.48. The number of fused-ring (bicyclic) bond motifs is 1. The minimum Gasteiger partial charge on any atom is -0.384 e. The highest BCUT2D eigenvalue weighted by atomic mass is 32.2. The van der Waals surface area contributed by atoms with Crippen LogP contribution in [0.2, 0.25) is 0 Å². The summed E-state index contributed by atoms with van der Waals surface area (Å²) in [6, 6.07) is 10.2. The van der Waals surface area contributed by atoms with Crippen LogP contribution in [0.5, 0.6) is 0 Å². The van der Waals surface area contributed by atoms with Gasteiger partial charge in [0, 0.05) is 37.3 Å². The smallest absolute Gasteiger partial charge is 0.261 e. The number of anilines is 1. The van der Waals surface area contributed by atoms with Crippen molar-refractivity contribution in [3.05, 3.63) is 82.3 Å². The van der Waals surface area contributed by atoms with Crippen molar-refractivity contribution in [2.75, 3.05) is 24.4 Å². The Morgan fingerprint density at radius 3 is 2.62 bits per heavy atom. The number of hydrogen-bond donors (Lipinski definition) is 2. The second-order valence-electron chi connectivity index (χ2n) is 12.8. The van der Waals surface area contributed by atoms with Crippen LogP contribution < -0.4 is 10.0 Å². The lowest BCUT2D eigenvalue weighted by atomic mass is 9.89. The van der Waals surface area contributed by atoms with Crippen molar-refractivity contribution in [2.24, 2.45) is 11.3 Å². The summed E-state index contributed by atoms with van der Waals surface area (Å²) in [7, 11) is -3.89. The lowest BCUT2D eigenvalue weighted by molar-refractivity contribution is 0.276. The van der Waals surface area contributed by atoms with Crippen molar-refractivity contribution in [1.82, 2.24) is 10.2 Å². The fourth-order valence-corrected chi connectivity index (χ4v) is 7.34. The number of hydrogen-bond acceptors (Lipinski definition) is 4. The quantitative estimate of drug-likeness (QED) is 0.345. The lowest BCUT2D eigenvalue weighted by Gasteiger charge is -2.32. The Hall–Kier alpha value is -2.64. The molecular weight excluding hydrogens is 521 g/mol. The van der Waals surface area contributed by atoms with Crippen molar-refractivity contribution in [3.8, 4) is 0 Å². The second kappa shape index (κ2) is 12.1. The molecule has 7 heteroatoms. The van der Waals surface area contributed by atoms with Gasteiger partial charge in [0.1, 0.15) is 5.82 Å². The number of sulfonamides is 1. The Labute approximate surface area is 240 Å². The zero-order chi connectivity index (χ0) is 28.3. The Kier molecular flexibility index (Phi) is 8.72. The van der Waals surface area contributed by atoms with E-state index in [1.54, 1.807) is 18.2 Å². The van der Waals surface area contributed by atoms with E-state index in [0.717, 1.165) is 68.0 Å². The number of nitrogens with one attached hydrogen (secondary N) is 2. The minimum atomic E-state index is -3.89. The summed E-state index contributed by atoms with van der Waals surface area (Å²) >= 11 is 0. The molecule has 1 saturated carbocycles. The normalized spacial score (nSPS) is 18.6. The SMILES string of the molecule is CC(C)(C)C1=CC(CN2CCc3cc(S(=O)(=O)Nc4ccc(CCCC5CCCC5)cc4F)ccc3C2)=CCN1. The summed E-state index contributed by atoms with van der Waals surface area (Å²) in [5.41, 5.74) is 5.77. The van der Waals surface area contributed by atoms with Crippen molar-refractivity contribution in [2.45, 2.75) is 83.6 Å². The molecule has 40 heavy (non-hydrogen) atoms. The number of halogens is 1. The maximum absolute atomic E-state index is 14.9. The van der Waals surface area contributed by atoms with E-state index in [9.17, 15) is 12.8 Å². The summed E-state index contributed by atoms with van der Waals surface area (Å²) in [6.45, 7) is 10.0. The van der Waals surface area contributed by atoms with Gasteiger partial charge >= 0.3 is 0 Å². The Morgan fingerprint density at radius 2 is 1.88 bits per heavy atom. The molecule has 0 spiro atoms. The van der Waals surface area contributed by atoms with Gasteiger partial charge in [-0.05, 0) is 77.8 Å². The third-order valence-corrected chi connectivity index (χ3v) is 9.97. The summed E-state index contributed by atoms with van der Waals surface area (Å²) in [6.07, 6.45) is 13.7. The molecule has 2 aromatic carbocycles. The van der Waals surface area contributed by atoms with Crippen LogP contribution in [0.25, 0.3) is 0 Å². The van der Waals surface area contributed by atoms with Gasteiger partial charge in [0.15, 0.2) is 0 Å². The minimum absolute atomic E-state index is 0.00126. The first-order chi connectivity index (χ1) is 19.1. The molecule has 0 saturated heterocycles. The molecule has 2 N–H and O–H groups in total. The van der Waals surface area contributed by atoms with E-state index in [0.29, 0.717) is 0 Å². The molecule has 0 unspecified atom stereocenters. The third-order valence-electron chi connectivity index (χ3n) is 8.61. The average molecular weight is 566 g/mol. The number of aryl methyl sites for hydroxylation is 1. The van der Waals surface area contributed by atoms with Crippen LogP contribution in [0, 0.1) is 17.2 Å². The molecule has 1 fully saturated rings. The number of allylic oxidation sites excluding steroid dienone is 1. The molecule has 0 atom stereocenters. The van der Waals surface area contributed by atoms with Gasteiger partial charge in [0.2, 0.25) is 0 Å². The second-order valence-corrected chi connectivity index (χ2v) is 14.5. The van der Waals surface area contributed by atoms with Crippen LogP contribution >= 0.6 is 0 Å². The van der Waals surface area contributed by atoms with Crippen LogP contribution in [0.1, 0.15) is 76.0 Å². The van der Waals surface area contributed by atoms with E-state index < -0.39 is 15.8 Å². The lowest BCUT2D eigenvalue weighted by Crippen LogP contribution is -2.34. The highest BCUT2D eigenvalue weighted by Crippen LogP contribution is 2.30. The molecule has 5 nitrogen and oxygen atoms in total. The number of rotatable bonds is 9. The van der Waals surface area contributed by atoms with Crippen molar-refractivity contribution >= 4 is 15.7 Å². The highest BCUT2D eigenvalue weighted by molar-refractivity contribution is 7.92. The fraction of sp³-hybridized carbons (Fsp3) is 0.515. The van der Waals surface area contributed by atoms with Gasteiger partial charge in [-0.2, -0.15) is 0 Å². The van der Waals surface area contributed by atoms with Gasteiger partial charge in [0.25, 0.3) is 10.0 Å². The molecule has 1 aliphatic carbocycles. The monoisotopic (exact) mass is 565 g/mol. The van der Waals surface area contributed by atoms with E-state index in [2.05, 4.69) is 47.9 Å². The van der Waals surface area contributed by atoms with Crippen LogP contribution in [0.15, 0.2) is 64.7 Å². The molecule has 0 radical (unpaired) electrons. The maximum Gasteiger partial charge on any atom is 0.261 e. The zero-order valence-corrected chi connectivity index (χ0v) is 25.0. The molecule has 0 amide bonds. The molecular formula is C33H44FN3O2S. The first-order valence-corrected chi connectivity index (χ1v) is 16.4. The van der Waals surface area contributed by atoms with Crippen molar-refractivity contribution in [3.63, 3.8) is 0 Å². The number of dihydropyridines is 1. The Bertz CT molecular complexity index is 1380. The van der Waals surface area contributed by atoms with Gasteiger partial charge in [-0.3, -0.25) is 9.62 Å². The highest BCUT2D eigenvalue weighted by Gasteiger charge is 2.24. The van der Waals surface area contributed by atoms with Crippen molar-refractivity contribution in [1.29, 1.82) is 0 Å². The molecule has 2 aromatic rings. The van der Waals surface area contributed by atoms with Crippen LogP contribution in [0.4, 0.5) is 10.1 Å². The van der Waals surface area contributed by atoms with E-state index in [4.69, 9.17) is 0 Å².